The molecule has 2 aromatic carbocycles. The highest BCUT2D eigenvalue weighted by atomic mass is 16.2. The number of rotatable bonds is 4. The molecule has 3 rings (SSSR count). The summed E-state index contributed by atoms with van der Waals surface area (Å²) < 4.78 is 0. The third kappa shape index (κ3) is 4.16. The molecule has 0 saturated carbocycles. The van der Waals surface area contributed by atoms with Crippen LogP contribution in [-0.4, -0.2) is 30.8 Å². The number of aryl methyl sites for hydroxylation is 2. The summed E-state index contributed by atoms with van der Waals surface area (Å²) in [4.78, 5) is 37.7. The maximum absolute atomic E-state index is 12.2. The molecule has 1 aliphatic heterocycles. The number of hydrogen-bond donors (Lipinski definition) is 2. The van der Waals surface area contributed by atoms with E-state index in [1.54, 1.807) is 24.0 Å². The van der Waals surface area contributed by atoms with Crippen LogP contribution < -0.4 is 15.5 Å². The van der Waals surface area contributed by atoms with Crippen LogP contribution >= 0.6 is 0 Å². The second-order valence-electron chi connectivity index (χ2n) is 6.79. The topological polar surface area (TPSA) is 78.5 Å². The lowest BCUT2D eigenvalue weighted by Gasteiger charge is -2.15. The molecular weight excluding hydrogens is 342 g/mol. The fourth-order valence-corrected chi connectivity index (χ4v) is 3.16. The van der Waals surface area contributed by atoms with E-state index in [9.17, 15) is 14.4 Å². The normalized spacial score (nSPS) is 12.5. The zero-order chi connectivity index (χ0) is 19.6. The van der Waals surface area contributed by atoms with Crippen molar-refractivity contribution >= 4 is 29.1 Å². The SMILES string of the molecule is CC(=O)N1CCc2cc(NC(=O)CNC(=O)c3ccc(C)c(C)c3)ccc21. The van der Waals surface area contributed by atoms with Gasteiger partial charge in [0.25, 0.3) is 5.91 Å². The van der Waals surface area contributed by atoms with Gasteiger partial charge in [-0.15, -0.1) is 0 Å². The number of carbonyl (C=O) groups is 3. The van der Waals surface area contributed by atoms with Gasteiger partial charge in [-0.25, -0.2) is 0 Å². The highest BCUT2D eigenvalue weighted by Crippen LogP contribution is 2.30. The quantitative estimate of drug-likeness (QED) is 0.874. The molecule has 0 saturated heterocycles. The molecule has 140 valence electrons. The van der Waals surface area contributed by atoms with Gasteiger partial charge in [0.05, 0.1) is 6.54 Å². The van der Waals surface area contributed by atoms with Crippen molar-refractivity contribution in [3.63, 3.8) is 0 Å². The Labute approximate surface area is 158 Å². The Kier molecular flexibility index (Phi) is 5.26. The third-order valence-corrected chi connectivity index (χ3v) is 4.82. The highest BCUT2D eigenvalue weighted by molar-refractivity contribution is 6.00. The molecule has 2 N–H and O–H groups in total. The van der Waals surface area contributed by atoms with E-state index in [0.717, 1.165) is 28.8 Å². The summed E-state index contributed by atoms with van der Waals surface area (Å²) in [5.41, 5.74) is 5.26. The van der Waals surface area contributed by atoms with Crippen LogP contribution in [0.15, 0.2) is 36.4 Å². The maximum Gasteiger partial charge on any atom is 0.251 e. The summed E-state index contributed by atoms with van der Waals surface area (Å²) >= 11 is 0. The van der Waals surface area contributed by atoms with E-state index in [1.165, 1.54) is 0 Å². The Balaban J connectivity index is 1.57. The first-order chi connectivity index (χ1) is 12.8. The minimum Gasteiger partial charge on any atom is -0.343 e. The van der Waals surface area contributed by atoms with E-state index < -0.39 is 0 Å². The molecule has 0 unspecified atom stereocenters. The van der Waals surface area contributed by atoms with Crippen LogP contribution in [0.3, 0.4) is 0 Å². The summed E-state index contributed by atoms with van der Waals surface area (Å²) in [5.74, 6) is -0.563. The lowest BCUT2D eigenvalue weighted by Crippen LogP contribution is -2.32. The van der Waals surface area contributed by atoms with Crippen LogP contribution in [0.5, 0.6) is 0 Å². The van der Waals surface area contributed by atoms with E-state index in [2.05, 4.69) is 10.6 Å². The standard InChI is InChI=1S/C21H23N3O3/c1-13-4-5-17(10-14(13)2)21(27)22-12-20(26)23-18-6-7-19-16(11-18)8-9-24(19)15(3)25/h4-7,10-11H,8-9,12H2,1-3H3,(H,22,27)(H,23,26). The van der Waals surface area contributed by atoms with Crippen molar-refractivity contribution in [3.8, 4) is 0 Å². The molecule has 3 amide bonds. The monoisotopic (exact) mass is 365 g/mol. The van der Waals surface area contributed by atoms with Crippen LogP contribution in [0.2, 0.25) is 0 Å². The molecule has 0 bridgehead atoms. The fourth-order valence-electron chi connectivity index (χ4n) is 3.16. The van der Waals surface area contributed by atoms with Crippen molar-refractivity contribution in [2.45, 2.75) is 27.2 Å². The van der Waals surface area contributed by atoms with Gasteiger partial charge in [0.15, 0.2) is 0 Å². The minimum atomic E-state index is -0.298. The Bertz CT molecular complexity index is 921. The molecule has 6 nitrogen and oxygen atoms in total. The van der Waals surface area contributed by atoms with Crippen LogP contribution in [0.4, 0.5) is 11.4 Å². The zero-order valence-electron chi connectivity index (χ0n) is 15.8. The smallest absolute Gasteiger partial charge is 0.251 e. The van der Waals surface area contributed by atoms with Gasteiger partial charge in [-0.1, -0.05) is 6.07 Å². The molecule has 0 radical (unpaired) electrons. The molecule has 0 fully saturated rings. The van der Waals surface area contributed by atoms with Gasteiger partial charge in [-0.2, -0.15) is 0 Å². The summed E-state index contributed by atoms with van der Waals surface area (Å²) in [7, 11) is 0. The van der Waals surface area contributed by atoms with Gasteiger partial charge < -0.3 is 15.5 Å². The molecule has 0 spiro atoms. The Hall–Kier alpha value is -3.15. The van der Waals surface area contributed by atoms with Crippen molar-refractivity contribution < 1.29 is 14.4 Å². The summed E-state index contributed by atoms with van der Waals surface area (Å²) in [5, 5.41) is 5.42. The van der Waals surface area contributed by atoms with Crippen molar-refractivity contribution in [1.29, 1.82) is 0 Å². The predicted octanol–water partition coefficient (Wildman–Crippen LogP) is 2.58. The van der Waals surface area contributed by atoms with Crippen LogP contribution in [-0.2, 0) is 16.0 Å². The molecule has 0 aromatic heterocycles. The van der Waals surface area contributed by atoms with Crippen molar-refractivity contribution in [2.75, 3.05) is 23.3 Å². The number of fused-ring (bicyclic) bond motifs is 1. The predicted molar refractivity (Wildman–Crippen MR) is 105 cm³/mol. The van der Waals surface area contributed by atoms with Crippen molar-refractivity contribution in [3.05, 3.63) is 58.7 Å². The van der Waals surface area contributed by atoms with Gasteiger partial charge in [0.2, 0.25) is 11.8 Å². The molecule has 0 atom stereocenters. The van der Waals surface area contributed by atoms with Crippen molar-refractivity contribution in [1.82, 2.24) is 5.32 Å². The maximum atomic E-state index is 12.2. The highest BCUT2D eigenvalue weighted by Gasteiger charge is 2.22. The van der Waals surface area contributed by atoms with Gasteiger partial charge in [-0.3, -0.25) is 14.4 Å². The number of nitrogens with one attached hydrogen (secondary N) is 2. The number of benzene rings is 2. The summed E-state index contributed by atoms with van der Waals surface area (Å²) in [6.45, 7) is 6.02. The van der Waals surface area contributed by atoms with Gasteiger partial charge >= 0.3 is 0 Å². The third-order valence-electron chi connectivity index (χ3n) is 4.82. The average Bonchev–Trinajstić information content (AvgIpc) is 3.05. The number of hydrogen-bond acceptors (Lipinski definition) is 3. The second kappa shape index (κ2) is 7.61. The van der Waals surface area contributed by atoms with E-state index in [-0.39, 0.29) is 24.3 Å². The molecule has 6 heteroatoms. The number of anilines is 2. The van der Waals surface area contributed by atoms with E-state index >= 15 is 0 Å². The first-order valence-corrected chi connectivity index (χ1v) is 8.91. The van der Waals surface area contributed by atoms with Gasteiger partial charge in [0.1, 0.15) is 0 Å². The van der Waals surface area contributed by atoms with E-state index in [0.29, 0.717) is 17.8 Å². The summed E-state index contributed by atoms with van der Waals surface area (Å²) in [6.07, 6.45) is 0.766. The first kappa shape index (κ1) is 18.6. The zero-order valence-corrected chi connectivity index (χ0v) is 15.8. The van der Waals surface area contributed by atoms with E-state index in [1.807, 2.05) is 38.1 Å². The van der Waals surface area contributed by atoms with Crippen LogP contribution in [0.25, 0.3) is 0 Å². The lowest BCUT2D eigenvalue weighted by molar-refractivity contribution is -0.116. The van der Waals surface area contributed by atoms with Crippen molar-refractivity contribution in [2.24, 2.45) is 0 Å². The second-order valence-corrected chi connectivity index (χ2v) is 6.79. The first-order valence-electron chi connectivity index (χ1n) is 8.91. The van der Waals surface area contributed by atoms with Gasteiger partial charge in [0, 0.05) is 30.4 Å². The number of amides is 3. The molecule has 27 heavy (non-hydrogen) atoms. The summed E-state index contributed by atoms with van der Waals surface area (Å²) in [6, 6.07) is 10.9. The van der Waals surface area contributed by atoms with Crippen LogP contribution in [0.1, 0.15) is 34.0 Å². The van der Waals surface area contributed by atoms with Gasteiger partial charge in [-0.05, 0) is 67.3 Å². The van der Waals surface area contributed by atoms with Crippen LogP contribution in [0, 0.1) is 13.8 Å². The molecule has 2 aromatic rings. The largest absolute Gasteiger partial charge is 0.343 e. The molecule has 0 aliphatic carbocycles. The Morgan fingerprint density at radius 2 is 1.81 bits per heavy atom. The van der Waals surface area contributed by atoms with E-state index in [4.69, 9.17) is 0 Å². The lowest BCUT2D eigenvalue weighted by atomic mass is 10.1. The Morgan fingerprint density at radius 3 is 2.52 bits per heavy atom. The number of nitrogens with zero attached hydrogens (tertiary/aromatic N) is 1. The average molecular weight is 365 g/mol. The molecule has 1 heterocycles. The Morgan fingerprint density at radius 1 is 1.04 bits per heavy atom. The molecular formula is C21H23N3O3. The fraction of sp³-hybridized carbons (Fsp3) is 0.286. The minimum absolute atomic E-state index is 0.0135. The molecule has 1 aliphatic rings. The number of carbonyl (C=O) groups excluding carboxylic acids is 3.